The summed E-state index contributed by atoms with van der Waals surface area (Å²) < 4.78 is 0. The second-order valence-electron chi connectivity index (χ2n) is 8.80. The van der Waals surface area contributed by atoms with E-state index in [-0.39, 0.29) is 24.7 Å². The Kier molecular flexibility index (Phi) is 15.4. The normalized spacial score (nSPS) is 14.1. The fourth-order valence-corrected chi connectivity index (χ4v) is 3.22. The Morgan fingerprint density at radius 1 is 0.806 bits per heavy atom. The summed E-state index contributed by atoms with van der Waals surface area (Å²) in [6.07, 6.45) is 1.47. The first-order chi connectivity index (χ1) is 16.8. The zero-order valence-electron chi connectivity index (χ0n) is 21.0. The quantitative estimate of drug-likeness (QED) is 0.0486. The third-order valence-electron chi connectivity index (χ3n) is 5.23. The summed E-state index contributed by atoms with van der Waals surface area (Å²) in [4.78, 5) is 61.5. The van der Waals surface area contributed by atoms with Crippen molar-refractivity contribution < 1.29 is 24.0 Å². The average Bonchev–Trinajstić information content (AvgIpc) is 2.77. The van der Waals surface area contributed by atoms with Gasteiger partial charge in [-0.05, 0) is 44.6 Å². The Balaban J connectivity index is 5.40. The number of primary amides is 2. The molecule has 0 radical (unpaired) electrons. The maximum absolute atomic E-state index is 13.0. The van der Waals surface area contributed by atoms with Crippen LogP contribution in [0.5, 0.6) is 0 Å². The molecule has 0 aliphatic heterocycles. The molecule has 5 amide bonds. The highest BCUT2D eigenvalue weighted by atomic mass is 16.2. The minimum Gasteiger partial charge on any atom is -0.370 e. The van der Waals surface area contributed by atoms with Crippen molar-refractivity contribution in [2.24, 2.45) is 34.6 Å². The van der Waals surface area contributed by atoms with Gasteiger partial charge in [0.25, 0.3) is 0 Å². The number of carbonyl (C=O) groups excluding carboxylic acids is 5. The van der Waals surface area contributed by atoms with E-state index in [4.69, 9.17) is 34.1 Å². The Morgan fingerprint density at radius 2 is 1.39 bits per heavy atom. The molecule has 0 saturated heterocycles. The van der Waals surface area contributed by atoms with Gasteiger partial charge in [-0.2, -0.15) is 0 Å². The number of nitrogens with one attached hydrogen (secondary N) is 5. The standard InChI is InChI=1S/C21H42N10O5/c1-11(2)16(17(25)33)31-20(36)14(10-15(24)32)30-19(35)13(7-3-4-8-22)29-18(34)12(23)6-5-9-28-21(26)27/h11-14,16H,3-10,22-23H2,1-2H3,(H2,24,32)(H2,25,33)(H,29,34)(H,30,35)(H,31,36)(H4,26,27,28)/t12-,13-,14-,16-/m0/s1. The van der Waals surface area contributed by atoms with E-state index in [1.165, 1.54) is 0 Å². The Hall–Kier alpha value is -3.46. The molecule has 0 aromatic carbocycles. The van der Waals surface area contributed by atoms with Crippen LogP contribution >= 0.6 is 0 Å². The predicted octanol–water partition coefficient (Wildman–Crippen LogP) is -3.82. The number of nitrogens with two attached hydrogens (primary N) is 5. The van der Waals surface area contributed by atoms with Crippen LogP contribution in [0.2, 0.25) is 0 Å². The summed E-state index contributed by atoms with van der Waals surface area (Å²) in [6, 6.07) is -4.42. The van der Waals surface area contributed by atoms with Gasteiger partial charge in [-0.1, -0.05) is 13.8 Å². The van der Waals surface area contributed by atoms with Crippen molar-refractivity contribution in [2.45, 2.75) is 76.5 Å². The van der Waals surface area contributed by atoms with E-state index >= 15 is 0 Å². The summed E-state index contributed by atoms with van der Waals surface area (Å²) in [5, 5.41) is 17.1. The van der Waals surface area contributed by atoms with E-state index in [2.05, 4.69) is 21.3 Å². The van der Waals surface area contributed by atoms with Crippen LogP contribution in [0.1, 0.15) is 52.4 Å². The van der Waals surface area contributed by atoms with E-state index in [0.717, 1.165) is 0 Å². The van der Waals surface area contributed by atoms with Gasteiger partial charge in [0.05, 0.1) is 12.5 Å². The van der Waals surface area contributed by atoms with E-state index in [0.29, 0.717) is 32.4 Å². The van der Waals surface area contributed by atoms with Crippen LogP contribution in [0, 0.1) is 11.3 Å². The number of carbonyl (C=O) groups is 5. The second-order valence-corrected chi connectivity index (χ2v) is 8.80. The third-order valence-corrected chi connectivity index (χ3v) is 5.23. The summed E-state index contributed by atoms with van der Waals surface area (Å²) in [7, 11) is 0. The van der Waals surface area contributed by atoms with Gasteiger partial charge in [0, 0.05) is 6.54 Å². The highest BCUT2D eigenvalue weighted by Crippen LogP contribution is 2.06. The lowest BCUT2D eigenvalue weighted by Crippen LogP contribution is -2.58. The minimum absolute atomic E-state index is 0.199. The van der Waals surface area contributed by atoms with Gasteiger partial charge in [-0.3, -0.25) is 29.4 Å². The molecule has 0 spiro atoms. The van der Waals surface area contributed by atoms with Gasteiger partial charge in [0.1, 0.15) is 18.1 Å². The van der Waals surface area contributed by atoms with Crippen molar-refractivity contribution in [3.05, 3.63) is 0 Å². The maximum Gasteiger partial charge on any atom is 0.243 e. The van der Waals surface area contributed by atoms with E-state index < -0.39 is 60.1 Å². The molecule has 15 heteroatoms. The van der Waals surface area contributed by atoms with E-state index in [1.54, 1.807) is 13.8 Å². The topological polar surface area (TPSA) is 287 Å². The minimum atomic E-state index is -1.39. The zero-order valence-corrected chi connectivity index (χ0v) is 21.0. The van der Waals surface area contributed by atoms with Gasteiger partial charge in [-0.25, -0.2) is 0 Å². The van der Waals surface area contributed by atoms with Crippen molar-refractivity contribution >= 4 is 35.5 Å². The number of hydrogen-bond acceptors (Lipinski definition) is 8. The molecule has 0 aromatic heterocycles. The first-order valence-electron chi connectivity index (χ1n) is 11.8. The van der Waals surface area contributed by atoms with Crippen LogP contribution in [-0.2, 0) is 24.0 Å². The highest BCUT2D eigenvalue weighted by Gasteiger charge is 2.31. The van der Waals surface area contributed by atoms with Crippen LogP contribution in [0.15, 0.2) is 0 Å². The Morgan fingerprint density at radius 3 is 1.89 bits per heavy atom. The van der Waals surface area contributed by atoms with Crippen molar-refractivity contribution in [3.8, 4) is 0 Å². The van der Waals surface area contributed by atoms with Crippen molar-refractivity contribution in [1.29, 1.82) is 5.41 Å². The van der Waals surface area contributed by atoms with Crippen molar-refractivity contribution in [3.63, 3.8) is 0 Å². The summed E-state index contributed by atoms with van der Waals surface area (Å²) >= 11 is 0. The lowest BCUT2D eigenvalue weighted by molar-refractivity contribution is -0.135. The van der Waals surface area contributed by atoms with Crippen LogP contribution in [0.3, 0.4) is 0 Å². The second kappa shape index (κ2) is 17.0. The van der Waals surface area contributed by atoms with Crippen LogP contribution in [-0.4, -0.2) is 72.8 Å². The molecule has 0 aliphatic carbocycles. The first kappa shape index (κ1) is 32.5. The molecule has 36 heavy (non-hydrogen) atoms. The number of hydrogen-bond donors (Lipinski definition) is 10. The van der Waals surface area contributed by atoms with E-state index in [9.17, 15) is 24.0 Å². The van der Waals surface area contributed by atoms with Gasteiger partial charge < -0.3 is 49.9 Å². The monoisotopic (exact) mass is 514 g/mol. The number of amides is 5. The van der Waals surface area contributed by atoms with Crippen LogP contribution < -0.4 is 49.9 Å². The molecule has 0 aromatic rings. The number of rotatable bonds is 18. The van der Waals surface area contributed by atoms with Gasteiger partial charge in [0.15, 0.2) is 5.96 Å². The molecule has 0 rings (SSSR count). The van der Waals surface area contributed by atoms with Gasteiger partial charge >= 0.3 is 0 Å². The SMILES string of the molecule is CC(C)[C@H](NC(=O)[C@H](CC(N)=O)NC(=O)[C@H](CCCCN)NC(=O)[C@@H](N)CCCNC(=N)N)C(N)=O. The van der Waals surface area contributed by atoms with Gasteiger partial charge in [-0.15, -0.1) is 0 Å². The Bertz CT molecular complexity index is 776. The molecule has 0 bridgehead atoms. The molecule has 0 saturated carbocycles. The maximum atomic E-state index is 13.0. The van der Waals surface area contributed by atoms with Crippen LogP contribution in [0.25, 0.3) is 0 Å². The molecule has 15 nitrogen and oxygen atoms in total. The molecule has 206 valence electrons. The molecule has 15 N–H and O–H groups in total. The zero-order chi connectivity index (χ0) is 27.8. The lowest BCUT2D eigenvalue weighted by atomic mass is 10.0. The molecule has 0 unspecified atom stereocenters. The molecule has 4 atom stereocenters. The summed E-state index contributed by atoms with van der Waals surface area (Å²) in [6.45, 7) is 4.06. The fourth-order valence-electron chi connectivity index (χ4n) is 3.22. The first-order valence-corrected chi connectivity index (χ1v) is 11.8. The fraction of sp³-hybridized carbons (Fsp3) is 0.714. The lowest BCUT2D eigenvalue weighted by Gasteiger charge is -2.26. The van der Waals surface area contributed by atoms with Gasteiger partial charge in [0.2, 0.25) is 29.5 Å². The molecule has 0 fully saturated rings. The summed E-state index contributed by atoms with van der Waals surface area (Å²) in [5.74, 6) is -4.31. The average molecular weight is 515 g/mol. The van der Waals surface area contributed by atoms with Crippen LogP contribution in [0.4, 0.5) is 0 Å². The largest absolute Gasteiger partial charge is 0.370 e. The summed E-state index contributed by atoms with van der Waals surface area (Å²) in [5.41, 5.74) is 27.2. The third kappa shape index (κ3) is 13.4. The molecular weight excluding hydrogens is 472 g/mol. The highest BCUT2D eigenvalue weighted by molar-refractivity contribution is 5.96. The molecular formula is C21H42N10O5. The molecule has 0 aliphatic rings. The smallest absolute Gasteiger partial charge is 0.243 e. The van der Waals surface area contributed by atoms with Crippen molar-refractivity contribution in [2.75, 3.05) is 13.1 Å². The number of unbranched alkanes of at least 4 members (excludes halogenated alkanes) is 1. The van der Waals surface area contributed by atoms with Crippen molar-refractivity contribution in [1.82, 2.24) is 21.3 Å². The molecule has 0 heterocycles. The van der Waals surface area contributed by atoms with E-state index in [1.807, 2.05) is 0 Å². The Labute approximate surface area is 210 Å². The number of guanidine groups is 1. The predicted molar refractivity (Wildman–Crippen MR) is 134 cm³/mol.